The normalized spacial score (nSPS) is 10.1. The third-order valence-electron chi connectivity index (χ3n) is 0.973. The average molecular weight is 194 g/mol. The summed E-state index contributed by atoms with van der Waals surface area (Å²) in [5, 5.41) is 3.85. The van der Waals surface area contributed by atoms with Gasteiger partial charge in [-0.2, -0.15) is 4.98 Å². The van der Waals surface area contributed by atoms with Gasteiger partial charge in [0.1, 0.15) is 6.54 Å². The van der Waals surface area contributed by atoms with Crippen LogP contribution in [0, 0.1) is 0 Å². The van der Waals surface area contributed by atoms with Crippen LogP contribution in [0.2, 0.25) is 10.6 Å². The number of rotatable bonds is 2. The van der Waals surface area contributed by atoms with Crippen LogP contribution in [0.1, 0.15) is 6.92 Å². The van der Waals surface area contributed by atoms with Gasteiger partial charge in [0.15, 0.2) is 5.78 Å². The Balaban J connectivity index is 2.85. The number of halogens is 2. The van der Waals surface area contributed by atoms with E-state index in [1.807, 2.05) is 0 Å². The molecule has 0 saturated carbocycles. The van der Waals surface area contributed by atoms with Crippen molar-refractivity contribution in [1.29, 1.82) is 0 Å². The predicted molar refractivity (Wildman–Crippen MR) is 40.7 cm³/mol. The molecule has 4 nitrogen and oxygen atoms in total. The molecule has 1 aromatic rings. The van der Waals surface area contributed by atoms with Gasteiger partial charge in [0, 0.05) is 0 Å². The molecule has 0 saturated heterocycles. The summed E-state index contributed by atoms with van der Waals surface area (Å²) in [6, 6.07) is 0. The van der Waals surface area contributed by atoms with Crippen molar-refractivity contribution in [2.24, 2.45) is 0 Å². The number of Topliss-reactive ketones (excluding diaryl/α,β-unsaturated/α-hetero) is 1. The molecule has 0 radical (unpaired) electrons. The molecular formula is C5H5Cl2N3O. The van der Waals surface area contributed by atoms with E-state index in [4.69, 9.17) is 23.2 Å². The summed E-state index contributed by atoms with van der Waals surface area (Å²) in [7, 11) is 0. The first-order chi connectivity index (χ1) is 5.09. The van der Waals surface area contributed by atoms with E-state index in [9.17, 15) is 4.79 Å². The van der Waals surface area contributed by atoms with Gasteiger partial charge in [-0.25, -0.2) is 4.68 Å². The van der Waals surface area contributed by atoms with Crippen LogP contribution in [-0.2, 0) is 11.3 Å². The first-order valence-electron chi connectivity index (χ1n) is 2.85. The maximum atomic E-state index is 10.6. The van der Waals surface area contributed by atoms with Crippen molar-refractivity contribution in [2.45, 2.75) is 13.5 Å². The van der Waals surface area contributed by atoms with Crippen molar-refractivity contribution in [2.75, 3.05) is 0 Å². The number of carbonyl (C=O) groups is 1. The van der Waals surface area contributed by atoms with E-state index in [-0.39, 0.29) is 22.9 Å². The van der Waals surface area contributed by atoms with E-state index >= 15 is 0 Å². The number of aromatic nitrogens is 3. The van der Waals surface area contributed by atoms with Crippen molar-refractivity contribution in [3.63, 3.8) is 0 Å². The molecule has 1 heterocycles. The van der Waals surface area contributed by atoms with Gasteiger partial charge in [0.2, 0.25) is 10.6 Å². The zero-order chi connectivity index (χ0) is 8.43. The largest absolute Gasteiger partial charge is 0.298 e. The Bertz CT molecular complexity index is 283. The van der Waals surface area contributed by atoms with Crippen LogP contribution in [0.5, 0.6) is 0 Å². The Morgan fingerprint density at radius 1 is 1.64 bits per heavy atom. The van der Waals surface area contributed by atoms with Gasteiger partial charge < -0.3 is 0 Å². The monoisotopic (exact) mass is 193 g/mol. The summed E-state index contributed by atoms with van der Waals surface area (Å²) in [5.74, 6) is -0.0477. The smallest absolute Gasteiger partial charge is 0.243 e. The minimum absolute atomic E-state index is 0.0477. The lowest BCUT2D eigenvalue weighted by Gasteiger charge is -1.94. The van der Waals surface area contributed by atoms with Gasteiger partial charge in [-0.15, -0.1) is 5.10 Å². The van der Waals surface area contributed by atoms with E-state index in [1.54, 1.807) is 0 Å². The van der Waals surface area contributed by atoms with Crippen LogP contribution < -0.4 is 0 Å². The molecule has 0 fully saturated rings. The summed E-state index contributed by atoms with van der Waals surface area (Å²) >= 11 is 11.0. The summed E-state index contributed by atoms with van der Waals surface area (Å²) in [6.07, 6.45) is 0. The minimum atomic E-state index is -0.0477. The highest BCUT2D eigenvalue weighted by Crippen LogP contribution is 2.08. The molecule has 0 amide bonds. The molecule has 11 heavy (non-hydrogen) atoms. The van der Waals surface area contributed by atoms with Crippen molar-refractivity contribution < 1.29 is 4.79 Å². The maximum Gasteiger partial charge on any atom is 0.243 e. The number of hydrogen-bond acceptors (Lipinski definition) is 3. The van der Waals surface area contributed by atoms with Gasteiger partial charge in [-0.1, -0.05) is 0 Å². The van der Waals surface area contributed by atoms with E-state index < -0.39 is 0 Å². The van der Waals surface area contributed by atoms with Gasteiger partial charge in [0.05, 0.1) is 0 Å². The average Bonchev–Trinajstić information content (AvgIpc) is 2.09. The predicted octanol–water partition coefficient (Wildman–Crippen LogP) is 1.17. The van der Waals surface area contributed by atoms with E-state index in [0.29, 0.717) is 0 Å². The molecule has 0 aliphatic rings. The zero-order valence-corrected chi connectivity index (χ0v) is 7.22. The summed E-state index contributed by atoms with van der Waals surface area (Å²) in [6.45, 7) is 1.55. The van der Waals surface area contributed by atoms with Crippen LogP contribution in [-0.4, -0.2) is 20.5 Å². The fourth-order valence-corrected chi connectivity index (χ4v) is 1.00. The Morgan fingerprint density at radius 3 is 2.64 bits per heavy atom. The lowest BCUT2D eigenvalue weighted by molar-refractivity contribution is -0.117. The fourth-order valence-electron chi connectivity index (χ4n) is 0.609. The van der Waals surface area contributed by atoms with Gasteiger partial charge in [-0.05, 0) is 30.1 Å². The number of ketones is 1. The quantitative estimate of drug-likeness (QED) is 0.709. The van der Waals surface area contributed by atoms with Gasteiger partial charge in [-0.3, -0.25) is 4.79 Å². The Hall–Kier alpha value is -0.610. The molecule has 0 aliphatic carbocycles. The van der Waals surface area contributed by atoms with Crippen LogP contribution in [0.25, 0.3) is 0 Å². The molecule has 1 rings (SSSR count). The van der Waals surface area contributed by atoms with E-state index in [2.05, 4.69) is 10.1 Å². The fraction of sp³-hybridized carbons (Fsp3) is 0.400. The topological polar surface area (TPSA) is 47.8 Å². The highest BCUT2D eigenvalue weighted by molar-refractivity contribution is 6.31. The molecule has 0 spiro atoms. The van der Waals surface area contributed by atoms with Crippen molar-refractivity contribution in [3.8, 4) is 0 Å². The van der Waals surface area contributed by atoms with Crippen LogP contribution in [0.3, 0.4) is 0 Å². The molecule has 0 aliphatic heterocycles. The molecular weight excluding hydrogens is 189 g/mol. The SMILES string of the molecule is CC(=O)Cn1nc(Cl)nc1Cl. The lowest BCUT2D eigenvalue weighted by atomic mass is 10.5. The van der Waals surface area contributed by atoms with Crippen LogP contribution >= 0.6 is 23.2 Å². The standard InChI is InChI=1S/C5H5Cl2N3O/c1-3(11)2-10-5(7)8-4(6)9-10/h2H2,1H3. The first-order valence-corrected chi connectivity index (χ1v) is 3.60. The number of nitrogens with zero attached hydrogens (tertiary/aromatic N) is 3. The lowest BCUT2D eigenvalue weighted by Crippen LogP contribution is -2.07. The number of carbonyl (C=O) groups excluding carboxylic acids is 1. The van der Waals surface area contributed by atoms with Crippen LogP contribution in [0.15, 0.2) is 0 Å². The van der Waals surface area contributed by atoms with Crippen molar-refractivity contribution >= 4 is 29.0 Å². The highest BCUT2D eigenvalue weighted by Gasteiger charge is 2.06. The molecule has 1 aromatic heterocycles. The summed E-state index contributed by atoms with van der Waals surface area (Å²) in [4.78, 5) is 14.2. The third kappa shape index (κ3) is 2.17. The molecule has 6 heteroatoms. The van der Waals surface area contributed by atoms with Crippen molar-refractivity contribution in [1.82, 2.24) is 14.8 Å². The molecule has 60 valence electrons. The molecule has 0 atom stereocenters. The second-order valence-corrected chi connectivity index (χ2v) is 2.69. The molecule has 0 unspecified atom stereocenters. The highest BCUT2D eigenvalue weighted by atomic mass is 35.5. The second-order valence-electron chi connectivity index (χ2n) is 2.01. The Kier molecular flexibility index (Phi) is 2.46. The summed E-state index contributed by atoms with van der Waals surface area (Å²) in [5.41, 5.74) is 0. The van der Waals surface area contributed by atoms with E-state index in [1.165, 1.54) is 11.6 Å². The molecule has 0 N–H and O–H groups in total. The Labute approximate surface area is 73.1 Å². The van der Waals surface area contributed by atoms with E-state index in [0.717, 1.165) is 0 Å². The van der Waals surface area contributed by atoms with Gasteiger partial charge in [0.25, 0.3) is 0 Å². The van der Waals surface area contributed by atoms with Crippen LogP contribution in [0.4, 0.5) is 0 Å². The first kappa shape index (κ1) is 8.49. The molecule has 0 bridgehead atoms. The number of hydrogen-bond donors (Lipinski definition) is 0. The minimum Gasteiger partial charge on any atom is -0.298 e. The zero-order valence-electron chi connectivity index (χ0n) is 5.71. The van der Waals surface area contributed by atoms with Gasteiger partial charge >= 0.3 is 0 Å². The maximum absolute atomic E-state index is 10.6. The summed E-state index contributed by atoms with van der Waals surface area (Å²) < 4.78 is 1.24. The second kappa shape index (κ2) is 3.19. The van der Waals surface area contributed by atoms with Crippen molar-refractivity contribution in [3.05, 3.63) is 10.6 Å². The third-order valence-corrected chi connectivity index (χ3v) is 1.41. The molecule has 0 aromatic carbocycles. The Morgan fingerprint density at radius 2 is 2.27 bits per heavy atom.